The Morgan fingerprint density at radius 3 is 2.76 bits per heavy atom. The first kappa shape index (κ1) is 15.9. The highest BCUT2D eigenvalue weighted by Gasteiger charge is 2.19. The highest BCUT2D eigenvalue weighted by Crippen LogP contribution is 2.32. The summed E-state index contributed by atoms with van der Waals surface area (Å²) in [5.41, 5.74) is 0.782. The lowest BCUT2D eigenvalue weighted by Crippen LogP contribution is -2.21. The monoisotopic (exact) mass is 299 g/mol. The first-order chi connectivity index (χ1) is 10.1. The van der Waals surface area contributed by atoms with Crippen LogP contribution in [0.25, 0.3) is 0 Å². The summed E-state index contributed by atoms with van der Waals surface area (Å²) in [6.07, 6.45) is 5.04. The molecule has 118 valence electrons. The molecule has 0 saturated heterocycles. The Hall–Kier alpha value is -1.52. The fourth-order valence-electron chi connectivity index (χ4n) is 2.98. The molecule has 1 aromatic rings. The second-order valence-electron chi connectivity index (χ2n) is 5.76. The lowest BCUT2D eigenvalue weighted by atomic mass is 9.82. The van der Waals surface area contributed by atoms with Crippen molar-refractivity contribution in [2.45, 2.75) is 39.2 Å². The molecule has 0 aliphatic heterocycles. The molecule has 2 unspecified atom stereocenters. The van der Waals surface area contributed by atoms with E-state index in [1.54, 1.807) is 12.1 Å². The van der Waals surface area contributed by atoms with Crippen molar-refractivity contribution < 1.29 is 18.3 Å². The van der Waals surface area contributed by atoms with Crippen LogP contribution in [-0.4, -0.2) is 20.3 Å². The summed E-state index contributed by atoms with van der Waals surface area (Å²) < 4.78 is 34.3. The van der Waals surface area contributed by atoms with Crippen LogP contribution in [0.1, 0.15) is 32.6 Å². The van der Waals surface area contributed by atoms with Crippen LogP contribution in [0.4, 0.5) is 14.5 Å². The normalized spacial score (nSPS) is 22.1. The molecule has 5 heteroatoms. The minimum Gasteiger partial charge on any atom is -0.493 e. The molecule has 2 atom stereocenters. The van der Waals surface area contributed by atoms with E-state index in [1.165, 1.54) is 32.8 Å². The van der Waals surface area contributed by atoms with E-state index in [0.717, 1.165) is 18.2 Å². The molecule has 0 spiro atoms. The van der Waals surface area contributed by atoms with Gasteiger partial charge in [-0.2, -0.15) is 8.78 Å². The van der Waals surface area contributed by atoms with Crippen molar-refractivity contribution >= 4 is 5.69 Å². The summed E-state index contributed by atoms with van der Waals surface area (Å²) in [5, 5.41) is 3.32. The van der Waals surface area contributed by atoms with Gasteiger partial charge < -0.3 is 14.8 Å². The number of hydrogen-bond acceptors (Lipinski definition) is 3. The first-order valence-electron chi connectivity index (χ1n) is 7.45. The van der Waals surface area contributed by atoms with Crippen molar-refractivity contribution in [1.29, 1.82) is 0 Å². The van der Waals surface area contributed by atoms with Crippen molar-refractivity contribution in [2.75, 3.05) is 19.0 Å². The van der Waals surface area contributed by atoms with Gasteiger partial charge in [0.15, 0.2) is 11.5 Å². The van der Waals surface area contributed by atoms with E-state index in [2.05, 4.69) is 17.0 Å². The van der Waals surface area contributed by atoms with Crippen molar-refractivity contribution in [3.63, 3.8) is 0 Å². The van der Waals surface area contributed by atoms with E-state index in [0.29, 0.717) is 11.7 Å². The topological polar surface area (TPSA) is 30.5 Å². The maximum absolute atomic E-state index is 12.4. The van der Waals surface area contributed by atoms with Crippen LogP contribution in [0.3, 0.4) is 0 Å². The Morgan fingerprint density at radius 2 is 2.10 bits per heavy atom. The number of halogens is 2. The van der Waals surface area contributed by atoms with Gasteiger partial charge in [-0.1, -0.05) is 19.8 Å². The standard InChI is InChI=1S/C16H23F2NO2/c1-11-4-3-5-12(8-11)10-19-13-6-7-14(20-2)15(9-13)21-16(17)18/h6-7,9,11-12,16,19H,3-5,8,10H2,1-2H3. The molecule has 2 rings (SSSR count). The van der Waals surface area contributed by atoms with Crippen LogP contribution in [0.15, 0.2) is 18.2 Å². The lowest BCUT2D eigenvalue weighted by molar-refractivity contribution is -0.0511. The van der Waals surface area contributed by atoms with Gasteiger partial charge in [-0.15, -0.1) is 0 Å². The van der Waals surface area contributed by atoms with Crippen LogP contribution >= 0.6 is 0 Å². The van der Waals surface area contributed by atoms with E-state index in [4.69, 9.17) is 4.74 Å². The Bertz CT molecular complexity index is 454. The SMILES string of the molecule is COc1ccc(NCC2CCCC(C)C2)cc1OC(F)F. The van der Waals surface area contributed by atoms with E-state index < -0.39 is 6.61 Å². The Morgan fingerprint density at radius 1 is 1.29 bits per heavy atom. The number of hydrogen-bond donors (Lipinski definition) is 1. The summed E-state index contributed by atoms with van der Waals surface area (Å²) in [4.78, 5) is 0. The molecule has 1 saturated carbocycles. The van der Waals surface area contributed by atoms with Gasteiger partial charge >= 0.3 is 6.61 Å². The van der Waals surface area contributed by atoms with E-state index in [1.807, 2.05) is 6.07 Å². The van der Waals surface area contributed by atoms with Crippen molar-refractivity contribution in [2.24, 2.45) is 11.8 Å². The quantitative estimate of drug-likeness (QED) is 0.837. The van der Waals surface area contributed by atoms with Gasteiger partial charge in [0, 0.05) is 18.3 Å². The third-order valence-corrected chi connectivity index (χ3v) is 4.02. The third kappa shape index (κ3) is 4.76. The van der Waals surface area contributed by atoms with Crippen molar-refractivity contribution in [3.8, 4) is 11.5 Å². The predicted molar refractivity (Wildman–Crippen MR) is 79.2 cm³/mol. The van der Waals surface area contributed by atoms with Crippen LogP contribution in [-0.2, 0) is 0 Å². The van der Waals surface area contributed by atoms with E-state index in [-0.39, 0.29) is 5.75 Å². The Kier molecular flexibility index (Phi) is 5.65. The number of ether oxygens (including phenoxy) is 2. The molecular weight excluding hydrogens is 276 g/mol. The van der Waals surface area contributed by atoms with E-state index >= 15 is 0 Å². The molecule has 1 aromatic carbocycles. The molecule has 0 radical (unpaired) electrons. The lowest BCUT2D eigenvalue weighted by Gasteiger charge is -2.27. The molecule has 3 nitrogen and oxygen atoms in total. The highest BCUT2D eigenvalue weighted by atomic mass is 19.3. The summed E-state index contributed by atoms with van der Waals surface area (Å²) in [6, 6.07) is 5.03. The minimum atomic E-state index is -2.85. The molecule has 1 N–H and O–H groups in total. The maximum Gasteiger partial charge on any atom is 0.387 e. The molecule has 1 aliphatic carbocycles. The van der Waals surface area contributed by atoms with E-state index in [9.17, 15) is 8.78 Å². The van der Waals surface area contributed by atoms with Crippen LogP contribution in [0.5, 0.6) is 11.5 Å². The number of methoxy groups -OCH3 is 1. The van der Waals surface area contributed by atoms with Gasteiger partial charge in [-0.3, -0.25) is 0 Å². The number of rotatable bonds is 6. The molecule has 1 aliphatic rings. The molecular formula is C16H23F2NO2. The summed E-state index contributed by atoms with van der Waals surface area (Å²) in [6.45, 7) is 0.298. The summed E-state index contributed by atoms with van der Waals surface area (Å²) in [7, 11) is 1.43. The number of benzene rings is 1. The average molecular weight is 299 g/mol. The van der Waals surface area contributed by atoms with Crippen molar-refractivity contribution in [1.82, 2.24) is 0 Å². The zero-order chi connectivity index (χ0) is 15.2. The highest BCUT2D eigenvalue weighted by molar-refractivity contribution is 5.54. The smallest absolute Gasteiger partial charge is 0.387 e. The fourth-order valence-corrected chi connectivity index (χ4v) is 2.98. The van der Waals surface area contributed by atoms with Gasteiger partial charge in [-0.05, 0) is 36.8 Å². The van der Waals surface area contributed by atoms with Crippen molar-refractivity contribution in [3.05, 3.63) is 18.2 Å². The number of nitrogens with one attached hydrogen (secondary N) is 1. The molecule has 0 aromatic heterocycles. The zero-order valence-electron chi connectivity index (χ0n) is 12.6. The molecule has 0 bridgehead atoms. The largest absolute Gasteiger partial charge is 0.493 e. The predicted octanol–water partition coefficient (Wildman–Crippen LogP) is 4.53. The van der Waals surface area contributed by atoms with Gasteiger partial charge in [0.05, 0.1) is 7.11 Å². The zero-order valence-corrected chi connectivity index (χ0v) is 12.6. The van der Waals surface area contributed by atoms with Gasteiger partial charge in [0.25, 0.3) is 0 Å². The minimum absolute atomic E-state index is 0.0644. The van der Waals surface area contributed by atoms with Crippen LogP contribution < -0.4 is 14.8 Å². The summed E-state index contributed by atoms with van der Waals surface area (Å²) in [5.74, 6) is 1.80. The Balaban J connectivity index is 1.96. The average Bonchev–Trinajstić information content (AvgIpc) is 2.45. The second-order valence-corrected chi connectivity index (χ2v) is 5.76. The number of alkyl halides is 2. The van der Waals surface area contributed by atoms with Gasteiger partial charge in [-0.25, -0.2) is 0 Å². The molecule has 1 fully saturated rings. The summed E-state index contributed by atoms with van der Waals surface area (Å²) >= 11 is 0. The maximum atomic E-state index is 12.4. The molecule has 0 amide bonds. The van der Waals surface area contributed by atoms with Crippen LogP contribution in [0.2, 0.25) is 0 Å². The molecule has 0 heterocycles. The second kappa shape index (κ2) is 7.48. The molecule has 21 heavy (non-hydrogen) atoms. The fraction of sp³-hybridized carbons (Fsp3) is 0.625. The van der Waals surface area contributed by atoms with Gasteiger partial charge in [0.1, 0.15) is 0 Å². The third-order valence-electron chi connectivity index (χ3n) is 4.02. The van der Waals surface area contributed by atoms with Crippen LogP contribution in [0, 0.1) is 11.8 Å². The number of anilines is 1. The van der Waals surface area contributed by atoms with Gasteiger partial charge in [0.2, 0.25) is 0 Å². The first-order valence-corrected chi connectivity index (χ1v) is 7.45. The Labute approximate surface area is 124 Å².